The average Bonchev–Trinajstić information content (AvgIpc) is 2.15. The molecule has 0 aliphatic heterocycles. The van der Waals surface area contributed by atoms with Crippen LogP contribution in [0.4, 0.5) is 0 Å². The van der Waals surface area contributed by atoms with E-state index < -0.39 is 0 Å². The average molecular weight is 232 g/mol. The summed E-state index contributed by atoms with van der Waals surface area (Å²) in [5, 5.41) is 3.46. The van der Waals surface area contributed by atoms with Crippen LogP contribution in [0, 0.1) is 0 Å². The van der Waals surface area contributed by atoms with E-state index in [2.05, 4.69) is 38.0 Å². The topological polar surface area (TPSA) is 33.7 Å². The van der Waals surface area contributed by atoms with Gasteiger partial charge in [0, 0.05) is 32.3 Å². The van der Waals surface area contributed by atoms with Crippen molar-refractivity contribution in [3.63, 3.8) is 0 Å². The van der Waals surface area contributed by atoms with Crippen LogP contribution >= 0.6 is 0 Å². The number of likely N-dealkylation sites (N-methyl/N-ethyl adjacent to an activating group) is 1. The van der Waals surface area contributed by atoms with Crippen molar-refractivity contribution < 1.29 is 9.47 Å². The Hall–Kier alpha value is -0.160. The summed E-state index contributed by atoms with van der Waals surface area (Å²) >= 11 is 0. The van der Waals surface area contributed by atoms with Gasteiger partial charge in [-0.05, 0) is 27.8 Å². The summed E-state index contributed by atoms with van der Waals surface area (Å²) in [6.07, 6.45) is 0. The summed E-state index contributed by atoms with van der Waals surface area (Å²) in [6.45, 7) is 11.7. The van der Waals surface area contributed by atoms with Gasteiger partial charge in [0.2, 0.25) is 0 Å². The summed E-state index contributed by atoms with van der Waals surface area (Å²) < 4.78 is 10.3. The molecule has 0 aromatic heterocycles. The molecule has 0 fully saturated rings. The Balaban J connectivity index is 3.28. The minimum absolute atomic E-state index is 0.204. The molecule has 0 aliphatic carbocycles. The first-order valence-electron chi connectivity index (χ1n) is 5.96. The normalized spacial score (nSPS) is 12.4. The first-order chi connectivity index (χ1) is 7.45. The Labute approximate surface area is 100 Å². The molecule has 0 saturated carbocycles. The summed E-state index contributed by atoms with van der Waals surface area (Å²) in [6, 6.07) is 0. The second kappa shape index (κ2) is 8.93. The molecule has 0 bridgehead atoms. The van der Waals surface area contributed by atoms with Crippen LogP contribution in [0.2, 0.25) is 0 Å². The van der Waals surface area contributed by atoms with Crippen LogP contribution in [-0.2, 0) is 9.47 Å². The highest BCUT2D eigenvalue weighted by Crippen LogP contribution is 1.97. The molecule has 0 radical (unpaired) electrons. The van der Waals surface area contributed by atoms with Gasteiger partial charge < -0.3 is 19.7 Å². The Morgan fingerprint density at radius 1 is 1.06 bits per heavy atom. The van der Waals surface area contributed by atoms with Crippen LogP contribution in [0.5, 0.6) is 0 Å². The van der Waals surface area contributed by atoms with Crippen molar-refractivity contribution in [2.24, 2.45) is 0 Å². The maximum Gasteiger partial charge on any atom is 0.0700 e. The van der Waals surface area contributed by atoms with Crippen LogP contribution in [0.3, 0.4) is 0 Å². The molecule has 0 aliphatic rings. The van der Waals surface area contributed by atoms with Gasteiger partial charge in [-0.25, -0.2) is 0 Å². The number of hydrogen-bond donors (Lipinski definition) is 1. The predicted molar refractivity (Wildman–Crippen MR) is 67.9 cm³/mol. The van der Waals surface area contributed by atoms with Crippen LogP contribution < -0.4 is 5.32 Å². The van der Waals surface area contributed by atoms with Gasteiger partial charge in [0.1, 0.15) is 0 Å². The maximum absolute atomic E-state index is 5.40. The molecule has 0 amide bonds. The smallest absolute Gasteiger partial charge is 0.0700 e. The lowest BCUT2D eigenvalue weighted by Gasteiger charge is -2.23. The number of hydrogen-bond acceptors (Lipinski definition) is 4. The van der Waals surface area contributed by atoms with Gasteiger partial charge in [0.05, 0.1) is 19.8 Å². The van der Waals surface area contributed by atoms with E-state index in [1.165, 1.54) is 0 Å². The maximum atomic E-state index is 5.40. The SMILES string of the molecule is COCCOCCN(C)CCNC(C)(C)C. The quantitative estimate of drug-likeness (QED) is 0.601. The van der Waals surface area contributed by atoms with Crippen molar-refractivity contribution in [1.82, 2.24) is 10.2 Å². The van der Waals surface area contributed by atoms with Gasteiger partial charge in [-0.3, -0.25) is 0 Å². The fourth-order valence-electron chi connectivity index (χ4n) is 1.20. The highest BCUT2D eigenvalue weighted by atomic mass is 16.5. The van der Waals surface area contributed by atoms with Crippen molar-refractivity contribution in [3.05, 3.63) is 0 Å². The van der Waals surface area contributed by atoms with Crippen molar-refractivity contribution in [2.45, 2.75) is 26.3 Å². The van der Waals surface area contributed by atoms with Gasteiger partial charge in [0.15, 0.2) is 0 Å². The number of methoxy groups -OCH3 is 1. The molecule has 98 valence electrons. The first kappa shape index (κ1) is 15.8. The lowest BCUT2D eigenvalue weighted by atomic mass is 10.1. The second-order valence-corrected chi connectivity index (χ2v) is 5.09. The summed E-state index contributed by atoms with van der Waals surface area (Å²) in [4.78, 5) is 2.27. The number of rotatable bonds is 9. The van der Waals surface area contributed by atoms with E-state index in [0.29, 0.717) is 13.2 Å². The zero-order valence-corrected chi connectivity index (χ0v) is 11.5. The summed E-state index contributed by atoms with van der Waals surface area (Å²) in [7, 11) is 3.80. The Morgan fingerprint density at radius 2 is 1.75 bits per heavy atom. The standard InChI is InChI=1S/C12H28N2O2/c1-12(2,3)13-6-7-14(4)8-9-16-11-10-15-5/h13H,6-11H2,1-5H3. The van der Waals surface area contributed by atoms with E-state index in [4.69, 9.17) is 9.47 Å². The molecule has 0 unspecified atom stereocenters. The molecular weight excluding hydrogens is 204 g/mol. The molecule has 0 heterocycles. The summed E-state index contributed by atoms with van der Waals surface area (Å²) in [5.74, 6) is 0. The van der Waals surface area contributed by atoms with Crippen LogP contribution in [0.1, 0.15) is 20.8 Å². The molecule has 1 N–H and O–H groups in total. The van der Waals surface area contributed by atoms with Crippen molar-refractivity contribution in [2.75, 3.05) is 53.6 Å². The number of ether oxygens (including phenoxy) is 2. The lowest BCUT2D eigenvalue weighted by Crippen LogP contribution is -2.41. The van der Waals surface area contributed by atoms with Crippen LogP contribution in [0.25, 0.3) is 0 Å². The fourth-order valence-corrected chi connectivity index (χ4v) is 1.20. The van der Waals surface area contributed by atoms with E-state index in [1.807, 2.05) is 0 Å². The summed E-state index contributed by atoms with van der Waals surface area (Å²) in [5.41, 5.74) is 0.204. The lowest BCUT2D eigenvalue weighted by molar-refractivity contribution is 0.0605. The molecule has 0 atom stereocenters. The van der Waals surface area contributed by atoms with Gasteiger partial charge >= 0.3 is 0 Å². The van der Waals surface area contributed by atoms with Gasteiger partial charge in [-0.15, -0.1) is 0 Å². The van der Waals surface area contributed by atoms with E-state index in [0.717, 1.165) is 26.2 Å². The Morgan fingerprint density at radius 3 is 2.31 bits per heavy atom. The van der Waals surface area contributed by atoms with Crippen molar-refractivity contribution in [1.29, 1.82) is 0 Å². The Kier molecular flexibility index (Phi) is 8.84. The van der Waals surface area contributed by atoms with Gasteiger partial charge in [-0.2, -0.15) is 0 Å². The molecule has 0 aromatic rings. The van der Waals surface area contributed by atoms with Crippen LogP contribution in [-0.4, -0.2) is 64.1 Å². The molecule has 0 spiro atoms. The highest BCUT2D eigenvalue weighted by molar-refractivity contribution is 4.70. The zero-order valence-electron chi connectivity index (χ0n) is 11.5. The monoisotopic (exact) mass is 232 g/mol. The van der Waals surface area contributed by atoms with E-state index in [9.17, 15) is 0 Å². The minimum Gasteiger partial charge on any atom is -0.382 e. The predicted octanol–water partition coefficient (Wildman–Crippen LogP) is 0.969. The Bertz CT molecular complexity index is 158. The molecule has 16 heavy (non-hydrogen) atoms. The third kappa shape index (κ3) is 11.9. The molecule has 4 nitrogen and oxygen atoms in total. The van der Waals surface area contributed by atoms with E-state index in [1.54, 1.807) is 7.11 Å². The molecular formula is C12H28N2O2. The number of nitrogens with one attached hydrogen (secondary N) is 1. The number of nitrogens with zero attached hydrogens (tertiary/aromatic N) is 1. The highest BCUT2D eigenvalue weighted by Gasteiger charge is 2.08. The van der Waals surface area contributed by atoms with Crippen molar-refractivity contribution in [3.8, 4) is 0 Å². The molecule has 4 heteroatoms. The van der Waals surface area contributed by atoms with Gasteiger partial charge in [-0.1, -0.05) is 0 Å². The third-order valence-corrected chi connectivity index (χ3v) is 2.20. The zero-order chi connectivity index (χ0) is 12.4. The van der Waals surface area contributed by atoms with E-state index in [-0.39, 0.29) is 5.54 Å². The van der Waals surface area contributed by atoms with Crippen LogP contribution in [0.15, 0.2) is 0 Å². The van der Waals surface area contributed by atoms with Crippen molar-refractivity contribution >= 4 is 0 Å². The fraction of sp³-hybridized carbons (Fsp3) is 1.00. The van der Waals surface area contributed by atoms with E-state index >= 15 is 0 Å². The first-order valence-corrected chi connectivity index (χ1v) is 5.96. The second-order valence-electron chi connectivity index (χ2n) is 5.09. The van der Waals surface area contributed by atoms with Gasteiger partial charge in [0.25, 0.3) is 0 Å². The third-order valence-electron chi connectivity index (χ3n) is 2.20. The molecule has 0 aromatic carbocycles. The minimum atomic E-state index is 0.204. The molecule has 0 rings (SSSR count). The largest absolute Gasteiger partial charge is 0.382 e. The molecule has 0 saturated heterocycles.